The summed E-state index contributed by atoms with van der Waals surface area (Å²) in [5, 5.41) is 0. The van der Waals surface area contributed by atoms with Gasteiger partial charge < -0.3 is 4.46 Å². The summed E-state index contributed by atoms with van der Waals surface area (Å²) in [4.78, 5) is 0. The van der Waals surface area contributed by atoms with Crippen LogP contribution in [0.2, 0.25) is 0 Å². The molecule has 0 unspecified atom stereocenters. The molecular formula is C2H8OSi. The van der Waals surface area contributed by atoms with Crippen LogP contribution in [0.5, 0.6) is 0 Å². The lowest BCUT2D eigenvalue weighted by Crippen LogP contribution is -0.969. The molecule has 0 aromatic carbocycles. The Labute approximate surface area is 30.5 Å². The van der Waals surface area contributed by atoms with E-state index in [1.165, 1.54) is 0 Å². The standard InChI is InChI=1S/2CH4.OSi/c;;1-2/h2*1H4;. The van der Waals surface area contributed by atoms with Gasteiger partial charge in [-0.3, -0.25) is 0 Å². The highest BCUT2D eigenvalue weighted by molar-refractivity contribution is 5.85. The Hall–Kier alpha value is 0.0169. The molecule has 0 aromatic heterocycles. The normalized spacial score (nSPS) is 1.00. The Morgan fingerprint density at radius 1 is 1.00 bits per heavy atom. The predicted molar refractivity (Wildman–Crippen MR) is 19.9 cm³/mol. The molecule has 0 amide bonds. The maximum absolute atomic E-state index is 8.06. The highest BCUT2D eigenvalue weighted by Crippen LogP contribution is 0.469. The summed E-state index contributed by atoms with van der Waals surface area (Å²) >= 11 is 0. The molecule has 0 aliphatic heterocycles. The fourth-order valence-electron chi connectivity index (χ4n) is 0. The van der Waals surface area contributed by atoms with E-state index in [4.69, 9.17) is 4.46 Å². The van der Waals surface area contributed by atoms with Crippen molar-refractivity contribution in [2.45, 2.75) is 14.9 Å². The Morgan fingerprint density at radius 2 is 1.00 bits per heavy atom. The molecule has 4 heavy (non-hydrogen) atoms. The first-order chi connectivity index (χ1) is 1.00. The van der Waals surface area contributed by atoms with Crippen LogP contribution in [0, 0.1) is 0 Å². The van der Waals surface area contributed by atoms with Gasteiger partial charge in [0.2, 0.25) is 0 Å². The number of hydrogen-bond donors (Lipinski definition) is 0. The molecule has 0 heterocycles. The van der Waals surface area contributed by atoms with Crippen LogP contribution in [-0.2, 0) is 4.46 Å². The van der Waals surface area contributed by atoms with Crippen LogP contribution in [0.25, 0.3) is 0 Å². The minimum atomic E-state index is 0. The van der Waals surface area contributed by atoms with Crippen molar-refractivity contribution in [2.24, 2.45) is 0 Å². The molecule has 0 aliphatic rings. The Kier molecular flexibility index (Phi) is 381000. The molecule has 26 valence electrons. The Balaban J connectivity index is -0.00000000500. The van der Waals surface area contributed by atoms with Crippen molar-refractivity contribution in [3.05, 3.63) is 0 Å². The maximum atomic E-state index is 8.06. The van der Waals surface area contributed by atoms with Gasteiger partial charge in [0.25, 0.3) is 0 Å². The molecule has 0 aliphatic carbocycles. The van der Waals surface area contributed by atoms with Crippen LogP contribution in [0.15, 0.2) is 0 Å². The van der Waals surface area contributed by atoms with Crippen LogP contribution in [0.1, 0.15) is 14.9 Å². The summed E-state index contributed by atoms with van der Waals surface area (Å²) in [6.45, 7) is 0. The third-order valence-electron chi connectivity index (χ3n) is 0. The molecule has 0 bridgehead atoms. The maximum Gasteiger partial charge on any atom is 0.381 e. The predicted octanol–water partition coefficient (Wildman–Crippen LogP) is 0.773. The van der Waals surface area contributed by atoms with Crippen LogP contribution in [-0.4, -0.2) is 10.1 Å². The molecular weight excluding hydrogens is 68.1 g/mol. The van der Waals surface area contributed by atoms with Gasteiger partial charge in [-0.15, -0.1) is 0 Å². The summed E-state index contributed by atoms with van der Waals surface area (Å²) in [5.74, 6) is 0. The van der Waals surface area contributed by atoms with Crippen molar-refractivity contribution < 1.29 is 4.46 Å². The number of rotatable bonds is 0. The topological polar surface area (TPSA) is 17.1 Å². The molecule has 0 spiro atoms. The molecule has 0 aromatic rings. The monoisotopic (exact) mass is 76.0 g/mol. The second-order valence-electron chi connectivity index (χ2n) is 0. The lowest BCUT2D eigenvalue weighted by molar-refractivity contribution is 0.590. The molecule has 0 fully saturated rings. The minimum absolute atomic E-state index is 0. The largest absolute Gasteiger partial charge is 0.381 e. The second kappa shape index (κ2) is 43100. The summed E-state index contributed by atoms with van der Waals surface area (Å²) in [6, 6.07) is 0. The van der Waals surface area contributed by atoms with Crippen LogP contribution in [0.3, 0.4) is 0 Å². The van der Waals surface area contributed by atoms with Gasteiger partial charge in [0.15, 0.2) is 0 Å². The van der Waals surface area contributed by atoms with E-state index >= 15 is 0 Å². The van der Waals surface area contributed by atoms with Crippen LogP contribution >= 0.6 is 0 Å². The third kappa shape index (κ3) is 7320. The van der Waals surface area contributed by atoms with Gasteiger partial charge in [-0.2, -0.15) is 0 Å². The van der Waals surface area contributed by atoms with Gasteiger partial charge in [-0.25, -0.2) is 0 Å². The highest BCUT2D eigenvalue weighted by Gasteiger charge is 0.803. The van der Waals surface area contributed by atoms with E-state index in [9.17, 15) is 0 Å². The van der Waals surface area contributed by atoms with E-state index in [-0.39, 0.29) is 14.9 Å². The zero-order valence-electron chi connectivity index (χ0n) is 0.908. The molecule has 0 atom stereocenters. The van der Waals surface area contributed by atoms with Crippen molar-refractivity contribution in [3.63, 3.8) is 0 Å². The molecule has 0 saturated carbocycles. The van der Waals surface area contributed by atoms with Gasteiger partial charge in [-0.05, 0) is 0 Å². The fraction of sp³-hybridized carbons (Fsp3) is 1.00. The van der Waals surface area contributed by atoms with Crippen molar-refractivity contribution >= 4 is 10.1 Å². The summed E-state index contributed by atoms with van der Waals surface area (Å²) in [7, 11) is 1.72. The second-order valence-corrected chi connectivity index (χ2v) is 0. The SMILES string of the molecule is C.C.O=[Si]. The van der Waals surface area contributed by atoms with Gasteiger partial charge in [0.05, 0.1) is 0 Å². The van der Waals surface area contributed by atoms with Gasteiger partial charge in [0, 0.05) is 0 Å². The number of hydrogen-bond acceptors (Lipinski definition) is 1. The first kappa shape index (κ1) is 35.4. The molecule has 2 heteroatoms. The van der Waals surface area contributed by atoms with Crippen molar-refractivity contribution in [1.29, 1.82) is 0 Å². The molecule has 1 nitrogen and oxygen atoms in total. The average Bonchev–Trinajstić information content (AvgIpc) is 1.00. The van der Waals surface area contributed by atoms with Gasteiger partial charge in [-0.1, -0.05) is 14.9 Å². The molecule has 0 N–H and O–H groups in total. The first-order valence-electron chi connectivity index (χ1n) is 0.204. The average molecular weight is 76.2 g/mol. The van der Waals surface area contributed by atoms with Crippen molar-refractivity contribution in [3.8, 4) is 0 Å². The Bertz CT molecular complexity index is 6.00. The summed E-state index contributed by atoms with van der Waals surface area (Å²) < 4.78 is 8.06. The van der Waals surface area contributed by atoms with E-state index in [1.807, 2.05) is 0 Å². The molecule has 2 radical (unpaired) electrons. The minimum Gasteiger partial charge on any atom is -0.381 e. The van der Waals surface area contributed by atoms with Crippen molar-refractivity contribution in [1.82, 2.24) is 0 Å². The zero-order valence-corrected chi connectivity index (χ0v) is 1.91. The first-order valence-corrected chi connectivity index (χ1v) is 0.612. The third-order valence-corrected chi connectivity index (χ3v) is 0. The van der Waals surface area contributed by atoms with E-state index in [0.29, 0.717) is 0 Å². The highest BCUT2D eigenvalue weighted by atomic mass is 28.1. The summed E-state index contributed by atoms with van der Waals surface area (Å²) in [5.41, 5.74) is 0. The van der Waals surface area contributed by atoms with E-state index < -0.39 is 0 Å². The van der Waals surface area contributed by atoms with Crippen LogP contribution < -0.4 is 0 Å². The fourth-order valence-corrected chi connectivity index (χ4v) is 0. The molecule has 0 rings (SSSR count). The summed E-state index contributed by atoms with van der Waals surface area (Å²) in [6.07, 6.45) is 0. The van der Waals surface area contributed by atoms with E-state index in [2.05, 4.69) is 0 Å². The quantitative estimate of drug-likeness (QED) is 0.389. The smallest absolute Gasteiger partial charge is 0.381 e. The Morgan fingerprint density at radius 3 is 1.00 bits per heavy atom. The lowest BCUT2D eigenvalue weighted by atomic mass is 12.0. The van der Waals surface area contributed by atoms with E-state index in [1.54, 1.807) is 10.1 Å². The van der Waals surface area contributed by atoms with E-state index in [0.717, 1.165) is 0 Å². The van der Waals surface area contributed by atoms with Crippen LogP contribution in [0.4, 0.5) is 0 Å². The molecule has 0 saturated heterocycles. The lowest BCUT2D eigenvalue weighted by Gasteiger charge is -0.803. The van der Waals surface area contributed by atoms with Crippen molar-refractivity contribution in [2.75, 3.05) is 0 Å². The van der Waals surface area contributed by atoms with Gasteiger partial charge >= 0.3 is 10.1 Å². The van der Waals surface area contributed by atoms with Gasteiger partial charge in [0.1, 0.15) is 0 Å². The zero-order chi connectivity index (χ0) is 2.00.